The highest BCUT2D eigenvalue weighted by molar-refractivity contribution is 8.00. The zero-order valence-corrected chi connectivity index (χ0v) is 8.18. The van der Waals surface area contributed by atoms with E-state index in [0.717, 1.165) is 23.6 Å². The number of fused-ring (bicyclic) bond motifs is 1. The van der Waals surface area contributed by atoms with E-state index in [1.165, 1.54) is 11.1 Å². The average molecular weight is 192 g/mol. The molecule has 3 heteroatoms. The Balaban J connectivity index is 2.48. The Hall–Kier alpha value is -0.960. The van der Waals surface area contributed by atoms with E-state index in [9.17, 15) is 0 Å². The predicted octanol–water partition coefficient (Wildman–Crippen LogP) is 1.64. The van der Waals surface area contributed by atoms with Gasteiger partial charge in [0.05, 0.1) is 5.71 Å². The zero-order valence-electron chi connectivity index (χ0n) is 7.36. The van der Waals surface area contributed by atoms with Crippen molar-refractivity contribution in [2.75, 3.05) is 11.5 Å². The van der Waals surface area contributed by atoms with E-state index in [1.54, 1.807) is 0 Å². The third kappa shape index (κ3) is 1.70. The van der Waals surface area contributed by atoms with Gasteiger partial charge in [0.15, 0.2) is 0 Å². The van der Waals surface area contributed by atoms with Gasteiger partial charge in [-0.15, -0.1) is 0 Å². The molecular formula is C10H12N2S. The van der Waals surface area contributed by atoms with Gasteiger partial charge < -0.3 is 5.84 Å². The Morgan fingerprint density at radius 1 is 1.31 bits per heavy atom. The number of benzene rings is 1. The fourth-order valence-corrected chi connectivity index (χ4v) is 2.49. The lowest BCUT2D eigenvalue weighted by Gasteiger charge is -2.04. The van der Waals surface area contributed by atoms with Gasteiger partial charge in [-0.05, 0) is 17.7 Å². The molecule has 0 saturated carbocycles. The van der Waals surface area contributed by atoms with Crippen LogP contribution in [0.3, 0.4) is 0 Å². The summed E-state index contributed by atoms with van der Waals surface area (Å²) in [6.07, 6.45) is 1.12. The fraction of sp³-hybridized carbons (Fsp3) is 0.300. The van der Waals surface area contributed by atoms with Crippen molar-refractivity contribution in [2.24, 2.45) is 10.9 Å². The van der Waals surface area contributed by atoms with Crippen molar-refractivity contribution in [1.29, 1.82) is 0 Å². The van der Waals surface area contributed by atoms with Gasteiger partial charge in [0.25, 0.3) is 0 Å². The standard InChI is InChI=1S/C10H12N2S/c11-12-10-7-13-6-5-8-3-1-2-4-9(8)10/h1-4H,5-7,11H2/b12-10-. The molecular weight excluding hydrogens is 180 g/mol. The Kier molecular flexibility index (Phi) is 2.54. The van der Waals surface area contributed by atoms with E-state index in [2.05, 4.69) is 23.3 Å². The summed E-state index contributed by atoms with van der Waals surface area (Å²) >= 11 is 1.89. The van der Waals surface area contributed by atoms with Crippen molar-refractivity contribution >= 4 is 17.5 Å². The molecule has 1 aliphatic heterocycles. The molecule has 0 aromatic heterocycles. The van der Waals surface area contributed by atoms with Crippen LogP contribution < -0.4 is 5.84 Å². The molecule has 0 radical (unpaired) electrons. The minimum atomic E-state index is 0.938. The highest BCUT2D eigenvalue weighted by Crippen LogP contribution is 2.19. The molecule has 68 valence electrons. The molecule has 0 aliphatic carbocycles. The SMILES string of the molecule is N/N=C1/CSCCc2ccccc21. The van der Waals surface area contributed by atoms with Crippen LogP contribution in [0.4, 0.5) is 0 Å². The van der Waals surface area contributed by atoms with Gasteiger partial charge >= 0.3 is 0 Å². The molecule has 2 rings (SSSR count). The van der Waals surface area contributed by atoms with Crippen LogP contribution in [0, 0.1) is 0 Å². The summed E-state index contributed by atoms with van der Waals surface area (Å²) < 4.78 is 0. The maximum Gasteiger partial charge on any atom is 0.0774 e. The third-order valence-corrected chi connectivity index (χ3v) is 3.21. The number of rotatable bonds is 0. The second-order valence-corrected chi connectivity index (χ2v) is 4.14. The molecule has 2 nitrogen and oxygen atoms in total. The first-order valence-corrected chi connectivity index (χ1v) is 5.50. The molecule has 1 aromatic carbocycles. The van der Waals surface area contributed by atoms with E-state index in [4.69, 9.17) is 5.84 Å². The summed E-state index contributed by atoms with van der Waals surface area (Å²) in [6, 6.07) is 8.38. The molecule has 0 saturated heterocycles. The normalized spacial score (nSPS) is 19.5. The molecule has 2 N–H and O–H groups in total. The zero-order chi connectivity index (χ0) is 9.10. The van der Waals surface area contributed by atoms with Gasteiger partial charge in [-0.1, -0.05) is 24.3 Å². The van der Waals surface area contributed by atoms with E-state index >= 15 is 0 Å². The minimum Gasteiger partial charge on any atom is -0.323 e. The van der Waals surface area contributed by atoms with Crippen molar-refractivity contribution in [3.05, 3.63) is 35.4 Å². The van der Waals surface area contributed by atoms with Crippen LogP contribution in [0.2, 0.25) is 0 Å². The van der Waals surface area contributed by atoms with Crippen molar-refractivity contribution in [3.8, 4) is 0 Å². The van der Waals surface area contributed by atoms with Crippen LogP contribution in [0.15, 0.2) is 29.4 Å². The summed E-state index contributed by atoms with van der Waals surface area (Å²) in [7, 11) is 0. The van der Waals surface area contributed by atoms with Crippen molar-refractivity contribution in [2.45, 2.75) is 6.42 Å². The molecule has 0 amide bonds. The quantitative estimate of drug-likeness (QED) is 0.501. The monoisotopic (exact) mass is 192 g/mol. The number of nitrogens with two attached hydrogens (primary N) is 1. The second kappa shape index (κ2) is 3.83. The first-order valence-electron chi connectivity index (χ1n) is 4.34. The van der Waals surface area contributed by atoms with Gasteiger partial charge in [-0.3, -0.25) is 0 Å². The molecule has 0 spiro atoms. The van der Waals surface area contributed by atoms with Gasteiger partial charge in [0.1, 0.15) is 0 Å². The summed E-state index contributed by atoms with van der Waals surface area (Å²) in [4.78, 5) is 0. The highest BCUT2D eigenvalue weighted by atomic mass is 32.2. The lowest BCUT2D eigenvalue weighted by Crippen LogP contribution is -2.07. The van der Waals surface area contributed by atoms with Crippen LogP contribution in [-0.4, -0.2) is 17.2 Å². The fourth-order valence-electron chi connectivity index (χ4n) is 1.56. The van der Waals surface area contributed by atoms with Crippen LogP contribution in [-0.2, 0) is 6.42 Å². The first-order chi connectivity index (χ1) is 6.42. The Bertz CT molecular complexity index is 333. The lowest BCUT2D eigenvalue weighted by atomic mass is 10.0. The molecule has 1 aromatic rings. The third-order valence-electron chi connectivity index (χ3n) is 2.24. The van der Waals surface area contributed by atoms with Crippen LogP contribution in [0.1, 0.15) is 11.1 Å². The Morgan fingerprint density at radius 2 is 2.15 bits per heavy atom. The van der Waals surface area contributed by atoms with Crippen molar-refractivity contribution < 1.29 is 0 Å². The number of hydrogen-bond donors (Lipinski definition) is 1. The van der Waals surface area contributed by atoms with Crippen molar-refractivity contribution in [1.82, 2.24) is 0 Å². The van der Waals surface area contributed by atoms with Gasteiger partial charge in [-0.25, -0.2) is 0 Å². The molecule has 0 bridgehead atoms. The lowest BCUT2D eigenvalue weighted by molar-refractivity contribution is 1.15. The van der Waals surface area contributed by atoms with Gasteiger partial charge in [0.2, 0.25) is 0 Å². The molecule has 0 atom stereocenters. The van der Waals surface area contributed by atoms with Crippen molar-refractivity contribution in [3.63, 3.8) is 0 Å². The smallest absolute Gasteiger partial charge is 0.0774 e. The number of hydrazone groups is 1. The van der Waals surface area contributed by atoms with E-state index in [0.29, 0.717) is 0 Å². The van der Waals surface area contributed by atoms with Crippen LogP contribution in [0.25, 0.3) is 0 Å². The van der Waals surface area contributed by atoms with E-state index in [1.807, 2.05) is 17.8 Å². The van der Waals surface area contributed by atoms with Gasteiger partial charge in [0, 0.05) is 11.3 Å². The molecule has 1 aliphatic rings. The topological polar surface area (TPSA) is 38.4 Å². The summed E-state index contributed by atoms with van der Waals surface area (Å²) in [5.74, 6) is 7.46. The largest absolute Gasteiger partial charge is 0.323 e. The molecule has 13 heavy (non-hydrogen) atoms. The second-order valence-electron chi connectivity index (χ2n) is 3.04. The summed E-state index contributed by atoms with van der Waals surface area (Å²) in [6.45, 7) is 0. The number of nitrogens with zero attached hydrogens (tertiary/aromatic N) is 1. The maximum absolute atomic E-state index is 5.36. The van der Waals surface area contributed by atoms with Crippen LogP contribution in [0.5, 0.6) is 0 Å². The number of hydrogen-bond acceptors (Lipinski definition) is 3. The predicted molar refractivity (Wildman–Crippen MR) is 58.2 cm³/mol. The summed E-state index contributed by atoms with van der Waals surface area (Å²) in [5, 5.41) is 3.84. The number of thioether (sulfide) groups is 1. The minimum absolute atomic E-state index is 0.938. The Morgan fingerprint density at radius 3 is 3.00 bits per heavy atom. The maximum atomic E-state index is 5.36. The van der Waals surface area contributed by atoms with E-state index < -0.39 is 0 Å². The summed E-state index contributed by atoms with van der Waals surface area (Å²) in [5.41, 5.74) is 3.63. The molecule has 0 fully saturated rings. The van der Waals surface area contributed by atoms with Crippen LogP contribution >= 0.6 is 11.8 Å². The highest BCUT2D eigenvalue weighted by Gasteiger charge is 2.12. The number of aryl methyl sites for hydroxylation is 1. The van der Waals surface area contributed by atoms with E-state index in [-0.39, 0.29) is 0 Å². The van der Waals surface area contributed by atoms with Gasteiger partial charge in [-0.2, -0.15) is 16.9 Å². The Labute approximate surface area is 82.2 Å². The molecule has 1 heterocycles. The first kappa shape index (κ1) is 8.63. The average Bonchev–Trinajstić information content (AvgIpc) is 2.39. The molecule has 0 unspecified atom stereocenters.